The van der Waals surface area contributed by atoms with Gasteiger partial charge < -0.3 is 5.11 Å². The summed E-state index contributed by atoms with van der Waals surface area (Å²) in [5.41, 5.74) is 9.40. The molecule has 0 aromatic heterocycles. The smallest absolute Gasteiger partial charge is 0.0585 e. The summed E-state index contributed by atoms with van der Waals surface area (Å²) in [7, 11) is 0. The van der Waals surface area contributed by atoms with Gasteiger partial charge in [0.2, 0.25) is 0 Å². The predicted molar refractivity (Wildman–Crippen MR) is 183 cm³/mol. The van der Waals surface area contributed by atoms with Gasteiger partial charge in [-0.25, -0.2) is 0 Å². The zero-order chi connectivity index (χ0) is 30.6. The van der Waals surface area contributed by atoms with Gasteiger partial charge in [-0.1, -0.05) is 152 Å². The molecule has 1 nitrogen and oxygen atoms in total. The Morgan fingerprint density at radius 1 is 0.756 bits per heavy atom. The molecule has 0 saturated heterocycles. The fourth-order valence-electron chi connectivity index (χ4n) is 5.97. The van der Waals surface area contributed by atoms with Crippen LogP contribution in [-0.4, -0.2) is 11.2 Å². The van der Waals surface area contributed by atoms with E-state index in [1.165, 1.54) is 51.9 Å². The van der Waals surface area contributed by atoms with Gasteiger partial charge in [-0.3, -0.25) is 0 Å². The Hall–Kier alpha value is -2.90. The first kappa shape index (κ1) is 34.3. The number of hydrogen-bond acceptors (Lipinski definition) is 1. The predicted octanol–water partition coefficient (Wildman–Crippen LogP) is 11.4. The van der Waals surface area contributed by atoms with Crippen LogP contribution >= 0.6 is 0 Å². The largest absolute Gasteiger partial charge is 0.393 e. The van der Waals surface area contributed by atoms with Crippen LogP contribution in [0.1, 0.15) is 94.9 Å². The maximum absolute atomic E-state index is 10.1. The van der Waals surface area contributed by atoms with Crippen LogP contribution in [0.5, 0.6) is 0 Å². The van der Waals surface area contributed by atoms with E-state index in [9.17, 15) is 5.11 Å². The van der Waals surface area contributed by atoms with E-state index < -0.39 is 0 Å². The molecule has 0 radical (unpaired) electrons. The van der Waals surface area contributed by atoms with E-state index in [-0.39, 0.29) is 11.5 Å². The molecule has 2 aliphatic rings. The molecule has 0 fully saturated rings. The average Bonchev–Trinajstić information content (AvgIpc) is 2.84. The SMILES string of the molecule is CC1=CCCC(C)(C)[C@H]1/C=C/C(C)=C/C=C/C(C)=C/C=C/C=C(C)/C=C/C=C(C)/C=C/C1=C(C)CC(O)CC1(C)C. The maximum Gasteiger partial charge on any atom is 0.0585 e. The zero-order valence-electron chi connectivity index (χ0n) is 27.6. The first-order valence-corrected chi connectivity index (χ1v) is 15.3. The lowest BCUT2D eigenvalue weighted by molar-refractivity contribution is 0.116. The second-order valence-electron chi connectivity index (χ2n) is 13.5. The second kappa shape index (κ2) is 15.9. The van der Waals surface area contributed by atoms with Crippen molar-refractivity contribution in [3.05, 3.63) is 130 Å². The molecular formula is C40H56O. The fraction of sp³-hybridized carbons (Fsp3) is 0.450. The number of rotatable bonds is 10. The number of aliphatic hydroxyl groups excluding tert-OH is 1. The standard InChI is InChI=1S/C40H56O/c1-30(18-13-20-32(3)23-25-37-34(5)22-15-27-39(37,7)8)16-11-12-17-31(2)19-14-21-33(4)24-26-38-35(6)28-36(41)29-40(38,9)10/h11-14,16-26,36-37,41H,15,27-29H2,1-10H3/b12-11+,18-13+,19-14+,25-23+,26-24+,30-16+,31-17+,32-20+,33-21+/t36?,37-/m0/s1. The van der Waals surface area contributed by atoms with Crippen molar-refractivity contribution in [1.82, 2.24) is 0 Å². The molecule has 0 spiro atoms. The first-order valence-electron chi connectivity index (χ1n) is 15.3. The summed E-state index contributed by atoms with van der Waals surface area (Å²) in [5, 5.41) is 10.1. The zero-order valence-corrected chi connectivity index (χ0v) is 27.6. The first-order chi connectivity index (χ1) is 19.2. The van der Waals surface area contributed by atoms with Gasteiger partial charge in [0.25, 0.3) is 0 Å². The van der Waals surface area contributed by atoms with Gasteiger partial charge in [-0.2, -0.15) is 0 Å². The highest BCUT2D eigenvalue weighted by Gasteiger charge is 2.31. The molecule has 1 heteroatoms. The van der Waals surface area contributed by atoms with Gasteiger partial charge >= 0.3 is 0 Å². The Labute approximate surface area is 252 Å². The highest BCUT2D eigenvalue weighted by Crippen LogP contribution is 2.42. The summed E-state index contributed by atoms with van der Waals surface area (Å²) in [6, 6.07) is 0. The third kappa shape index (κ3) is 11.9. The van der Waals surface area contributed by atoms with Crippen LogP contribution in [0.4, 0.5) is 0 Å². The van der Waals surface area contributed by atoms with Crippen LogP contribution in [0.25, 0.3) is 0 Å². The van der Waals surface area contributed by atoms with Crippen molar-refractivity contribution in [2.24, 2.45) is 16.7 Å². The van der Waals surface area contributed by atoms with Crippen molar-refractivity contribution >= 4 is 0 Å². The summed E-state index contributed by atoms with van der Waals surface area (Å²) < 4.78 is 0. The maximum atomic E-state index is 10.1. The molecule has 1 N–H and O–H groups in total. The van der Waals surface area contributed by atoms with Crippen LogP contribution < -0.4 is 0 Å². The lowest BCUT2D eigenvalue weighted by Gasteiger charge is -2.36. The molecule has 1 unspecified atom stereocenters. The van der Waals surface area contributed by atoms with Crippen molar-refractivity contribution in [1.29, 1.82) is 0 Å². The van der Waals surface area contributed by atoms with Crippen molar-refractivity contribution < 1.29 is 5.11 Å². The number of hydrogen-bond donors (Lipinski definition) is 1. The van der Waals surface area contributed by atoms with E-state index in [0.29, 0.717) is 11.3 Å². The van der Waals surface area contributed by atoms with Crippen LogP contribution in [0, 0.1) is 16.7 Å². The highest BCUT2D eigenvalue weighted by molar-refractivity contribution is 5.38. The van der Waals surface area contributed by atoms with Crippen molar-refractivity contribution in [3.8, 4) is 0 Å². The molecule has 222 valence electrons. The van der Waals surface area contributed by atoms with Crippen LogP contribution in [-0.2, 0) is 0 Å². The molecule has 0 heterocycles. The summed E-state index contributed by atoms with van der Waals surface area (Å²) in [4.78, 5) is 0. The van der Waals surface area contributed by atoms with Gasteiger partial charge in [0.05, 0.1) is 6.10 Å². The Morgan fingerprint density at radius 3 is 1.80 bits per heavy atom. The minimum absolute atomic E-state index is 0.0126. The van der Waals surface area contributed by atoms with E-state index in [2.05, 4.69) is 160 Å². The lowest BCUT2D eigenvalue weighted by atomic mass is 9.68. The van der Waals surface area contributed by atoms with Crippen LogP contribution in [0.2, 0.25) is 0 Å². The summed E-state index contributed by atoms with van der Waals surface area (Å²) in [6.45, 7) is 22.2. The normalized spacial score (nSPS) is 25.1. The molecular weight excluding hydrogens is 496 g/mol. The van der Waals surface area contributed by atoms with Gasteiger partial charge in [0.1, 0.15) is 0 Å². The monoisotopic (exact) mass is 552 g/mol. The molecule has 0 aromatic carbocycles. The fourth-order valence-corrected chi connectivity index (χ4v) is 5.97. The van der Waals surface area contributed by atoms with E-state index >= 15 is 0 Å². The molecule has 0 aliphatic heterocycles. The molecule has 41 heavy (non-hydrogen) atoms. The molecule has 0 bridgehead atoms. The van der Waals surface area contributed by atoms with Gasteiger partial charge in [0, 0.05) is 5.92 Å². The molecule has 0 saturated carbocycles. The van der Waals surface area contributed by atoms with Crippen LogP contribution in [0.3, 0.4) is 0 Å². The Morgan fingerprint density at radius 2 is 1.27 bits per heavy atom. The molecule has 2 rings (SSSR count). The molecule has 0 amide bonds. The topological polar surface area (TPSA) is 20.2 Å². The molecule has 0 aromatic rings. The van der Waals surface area contributed by atoms with Gasteiger partial charge in [0.15, 0.2) is 0 Å². The number of aliphatic hydroxyl groups is 1. The van der Waals surface area contributed by atoms with Gasteiger partial charge in [-0.15, -0.1) is 0 Å². The van der Waals surface area contributed by atoms with Crippen molar-refractivity contribution in [2.75, 3.05) is 0 Å². The third-order valence-electron chi connectivity index (χ3n) is 8.39. The lowest BCUT2D eigenvalue weighted by Crippen LogP contribution is -2.28. The quantitative estimate of drug-likeness (QED) is 0.211. The summed E-state index contributed by atoms with van der Waals surface area (Å²) >= 11 is 0. The minimum atomic E-state index is -0.221. The summed E-state index contributed by atoms with van der Waals surface area (Å²) in [5.74, 6) is 0.524. The third-order valence-corrected chi connectivity index (χ3v) is 8.39. The Balaban J connectivity index is 1.89. The van der Waals surface area contributed by atoms with E-state index in [4.69, 9.17) is 0 Å². The number of allylic oxidation sites excluding steroid dienone is 21. The molecule has 2 aliphatic carbocycles. The van der Waals surface area contributed by atoms with E-state index in [1.54, 1.807) is 0 Å². The average molecular weight is 553 g/mol. The minimum Gasteiger partial charge on any atom is -0.393 e. The Bertz CT molecular complexity index is 1240. The Kier molecular flexibility index (Phi) is 13.3. The van der Waals surface area contributed by atoms with Crippen molar-refractivity contribution in [2.45, 2.75) is 101 Å². The molecule has 2 atom stereocenters. The van der Waals surface area contributed by atoms with Crippen molar-refractivity contribution in [3.63, 3.8) is 0 Å². The highest BCUT2D eigenvalue weighted by atomic mass is 16.3. The van der Waals surface area contributed by atoms with Gasteiger partial charge in [-0.05, 0) is 83.6 Å². The van der Waals surface area contributed by atoms with E-state index in [1.807, 2.05) is 0 Å². The van der Waals surface area contributed by atoms with E-state index in [0.717, 1.165) is 12.8 Å². The summed E-state index contributed by atoms with van der Waals surface area (Å²) in [6.07, 6.45) is 36.6. The second-order valence-corrected chi connectivity index (χ2v) is 13.5. The van der Waals surface area contributed by atoms with Crippen LogP contribution in [0.15, 0.2) is 130 Å².